The first-order chi connectivity index (χ1) is 17.5. The molecule has 3 aromatic carbocycles. The van der Waals surface area contributed by atoms with Gasteiger partial charge in [-0.1, -0.05) is 47.6 Å². The van der Waals surface area contributed by atoms with Crippen molar-refractivity contribution in [1.82, 2.24) is 24.3 Å². The van der Waals surface area contributed by atoms with Crippen molar-refractivity contribution in [3.05, 3.63) is 95.5 Å². The summed E-state index contributed by atoms with van der Waals surface area (Å²) in [6.07, 6.45) is 1.76. The van der Waals surface area contributed by atoms with E-state index in [4.69, 9.17) is 17.3 Å². The van der Waals surface area contributed by atoms with E-state index in [1.165, 1.54) is 11.8 Å². The van der Waals surface area contributed by atoms with Crippen LogP contribution in [0.25, 0.3) is 16.7 Å². The highest BCUT2D eigenvalue weighted by molar-refractivity contribution is 7.99. The minimum absolute atomic E-state index is 0.0914. The molecule has 9 nitrogen and oxygen atoms in total. The van der Waals surface area contributed by atoms with Crippen molar-refractivity contribution in [3.63, 3.8) is 0 Å². The van der Waals surface area contributed by atoms with Crippen LogP contribution in [0.3, 0.4) is 0 Å². The molecule has 0 unspecified atom stereocenters. The number of carbonyl (C=O) groups is 2. The van der Waals surface area contributed by atoms with Crippen LogP contribution in [0.2, 0.25) is 5.02 Å². The molecular formula is C25H20ClN7O2S. The van der Waals surface area contributed by atoms with Crippen LogP contribution in [0, 0.1) is 0 Å². The Balaban J connectivity index is 1.38. The van der Waals surface area contributed by atoms with E-state index in [-0.39, 0.29) is 11.7 Å². The summed E-state index contributed by atoms with van der Waals surface area (Å²) >= 11 is 7.77. The molecule has 5 aromatic rings. The Kier molecular flexibility index (Phi) is 6.70. The van der Waals surface area contributed by atoms with Gasteiger partial charge < -0.3 is 15.6 Å². The summed E-state index contributed by atoms with van der Waals surface area (Å²) in [6.45, 7) is 0.414. The Morgan fingerprint density at radius 3 is 2.50 bits per heavy atom. The third-order valence-corrected chi connectivity index (χ3v) is 6.67. The number of halogens is 1. The normalized spacial score (nSPS) is 11.0. The molecule has 2 amide bonds. The van der Waals surface area contributed by atoms with Gasteiger partial charge in [0.25, 0.3) is 0 Å². The molecule has 0 aliphatic carbocycles. The smallest absolute Gasteiger partial charge is 0.248 e. The third kappa shape index (κ3) is 4.95. The summed E-state index contributed by atoms with van der Waals surface area (Å²) in [5.74, 6) is -0.0190. The molecule has 2 aromatic heterocycles. The Labute approximate surface area is 215 Å². The van der Waals surface area contributed by atoms with Gasteiger partial charge in [0.1, 0.15) is 0 Å². The number of benzene rings is 3. The summed E-state index contributed by atoms with van der Waals surface area (Å²) in [6, 6.07) is 21.6. The van der Waals surface area contributed by atoms with Gasteiger partial charge in [-0.05, 0) is 48.5 Å². The summed E-state index contributed by atoms with van der Waals surface area (Å²) in [4.78, 5) is 28.3. The molecule has 0 aliphatic rings. The van der Waals surface area contributed by atoms with E-state index < -0.39 is 5.91 Å². The van der Waals surface area contributed by atoms with Crippen LogP contribution >= 0.6 is 23.4 Å². The second-order valence-electron chi connectivity index (χ2n) is 7.83. The number of rotatable bonds is 8. The van der Waals surface area contributed by atoms with E-state index in [1.54, 1.807) is 36.7 Å². The minimum Gasteiger partial charge on any atom is -0.366 e. The number of nitrogens with one attached hydrogen (secondary N) is 1. The zero-order chi connectivity index (χ0) is 25.1. The lowest BCUT2D eigenvalue weighted by Crippen LogP contribution is -2.15. The number of thioether (sulfide) groups is 1. The average molecular weight is 518 g/mol. The molecular weight excluding hydrogens is 498 g/mol. The number of nitrogens with zero attached hydrogens (tertiary/aromatic N) is 5. The number of nitrogens with two attached hydrogens (primary N) is 1. The molecule has 0 bridgehead atoms. The maximum atomic E-state index is 12.6. The molecule has 0 saturated carbocycles. The fourth-order valence-electron chi connectivity index (χ4n) is 3.70. The minimum atomic E-state index is -0.526. The fourth-order valence-corrected chi connectivity index (χ4v) is 4.69. The van der Waals surface area contributed by atoms with Crippen LogP contribution in [0.15, 0.2) is 84.3 Å². The van der Waals surface area contributed by atoms with E-state index >= 15 is 0 Å². The second kappa shape index (κ2) is 10.2. The SMILES string of the molecule is NC(=O)c1ccc(NC(=O)CSc2nnc(Cn3cnc4ccccc43)n2-c2ccccc2Cl)cc1. The lowest BCUT2D eigenvalue weighted by molar-refractivity contribution is -0.113. The van der Waals surface area contributed by atoms with Crippen molar-refractivity contribution in [2.45, 2.75) is 11.7 Å². The van der Waals surface area contributed by atoms with Gasteiger partial charge in [0, 0.05) is 11.3 Å². The lowest BCUT2D eigenvalue weighted by atomic mass is 10.2. The number of carbonyl (C=O) groups excluding carboxylic acids is 2. The van der Waals surface area contributed by atoms with E-state index in [9.17, 15) is 9.59 Å². The molecule has 180 valence electrons. The first kappa shape index (κ1) is 23.6. The number of anilines is 1. The maximum absolute atomic E-state index is 12.6. The number of aromatic nitrogens is 5. The van der Waals surface area contributed by atoms with Gasteiger partial charge in [-0.3, -0.25) is 14.2 Å². The number of para-hydroxylation sites is 3. The molecule has 36 heavy (non-hydrogen) atoms. The van der Waals surface area contributed by atoms with E-state index in [2.05, 4.69) is 20.5 Å². The van der Waals surface area contributed by atoms with Gasteiger partial charge in [0.2, 0.25) is 11.8 Å². The van der Waals surface area contributed by atoms with Crippen LogP contribution in [0.1, 0.15) is 16.2 Å². The van der Waals surface area contributed by atoms with Crippen molar-refractivity contribution in [1.29, 1.82) is 0 Å². The van der Waals surface area contributed by atoms with Crippen LogP contribution in [0.4, 0.5) is 5.69 Å². The molecule has 0 atom stereocenters. The lowest BCUT2D eigenvalue weighted by Gasteiger charge is -2.12. The zero-order valence-electron chi connectivity index (χ0n) is 18.8. The van der Waals surface area contributed by atoms with Gasteiger partial charge >= 0.3 is 0 Å². The highest BCUT2D eigenvalue weighted by Gasteiger charge is 2.19. The zero-order valence-corrected chi connectivity index (χ0v) is 20.4. The van der Waals surface area contributed by atoms with Crippen molar-refractivity contribution >= 4 is 51.9 Å². The van der Waals surface area contributed by atoms with Gasteiger partial charge in [0.05, 0.1) is 40.4 Å². The number of primary amides is 1. The second-order valence-corrected chi connectivity index (χ2v) is 9.17. The Morgan fingerprint density at radius 2 is 1.72 bits per heavy atom. The molecule has 2 heterocycles. The highest BCUT2D eigenvalue weighted by Crippen LogP contribution is 2.28. The number of imidazole rings is 1. The van der Waals surface area contributed by atoms with Crippen LogP contribution in [-0.2, 0) is 11.3 Å². The van der Waals surface area contributed by atoms with E-state index in [1.807, 2.05) is 51.6 Å². The van der Waals surface area contributed by atoms with Gasteiger partial charge in [0.15, 0.2) is 11.0 Å². The predicted molar refractivity (Wildman–Crippen MR) is 140 cm³/mol. The molecule has 3 N–H and O–H groups in total. The molecule has 0 fully saturated rings. The van der Waals surface area contributed by atoms with Crippen molar-refractivity contribution in [2.24, 2.45) is 5.73 Å². The van der Waals surface area contributed by atoms with Crippen LogP contribution in [-0.4, -0.2) is 41.9 Å². The highest BCUT2D eigenvalue weighted by atomic mass is 35.5. The fraction of sp³-hybridized carbons (Fsp3) is 0.0800. The third-order valence-electron chi connectivity index (χ3n) is 5.42. The first-order valence-corrected chi connectivity index (χ1v) is 12.3. The molecule has 0 saturated heterocycles. The Hall–Kier alpha value is -4.15. The molecule has 5 rings (SSSR count). The van der Waals surface area contributed by atoms with Gasteiger partial charge in [-0.2, -0.15) is 0 Å². The van der Waals surface area contributed by atoms with Crippen molar-refractivity contribution in [3.8, 4) is 5.69 Å². The Morgan fingerprint density at radius 1 is 0.972 bits per heavy atom. The van der Waals surface area contributed by atoms with Gasteiger partial charge in [-0.15, -0.1) is 10.2 Å². The first-order valence-electron chi connectivity index (χ1n) is 10.9. The van der Waals surface area contributed by atoms with Crippen LogP contribution < -0.4 is 11.1 Å². The Bertz CT molecular complexity index is 1560. The summed E-state index contributed by atoms with van der Waals surface area (Å²) in [5.41, 5.74) is 8.77. The van der Waals surface area contributed by atoms with Gasteiger partial charge in [-0.25, -0.2) is 4.98 Å². The van der Waals surface area contributed by atoms with Crippen molar-refractivity contribution < 1.29 is 9.59 Å². The maximum Gasteiger partial charge on any atom is 0.248 e. The van der Waals surface area contributed by atoms with E-state index in [0.717, 1.165) is 11.0 Å². The number of amides is 2. The van der Waals surface area contributed by atoms with Crippen LogP contribution in [0.5, 0.6) is 0 Å². The number of hydrogen-bond donors (Lipinski definition) is 2. The number of hydrogen-bond acceptors (Lipinski definition) is 6. The van der Waals surface area contributed by atoms with Crippen molar-refractivity contribution in [2.75, 3.05) is 11.1 Å². The summed E-state index contributed by atoms with van der Waals surface area (Å²) in [5, 5.41) is 12.6. The van der Waals surface area contributed by atoms with E-state index in [0.29, 0.717) is 39.5 Å². The molecule has 0 radical (unpaired) electrons. The summed E-state index contributed by atoms with van der Waals surface area (Å²) < 4.78 is 3.85. The molecule has 0 spiro atoms. The molecule has 0 aliphatic heterocycles. The quantitative estimate of drug-likeness (QED) is 0.298. The summed E-state index contributed by atoms with van der Waals surface area (Å²) in [7, 11) is 0. The molecule has 11 heteroatoms. The standard InChI is InChI=1S/C25H20ClN7O2S/c26-18-5-1-3-7-20(18)33-22(13-32-15-28-19-6-2-4-8-21(19)32)30-31-25(33)36-14-23(34)29-17-11-9-16(10-12-17)24(27)35/h1-12,15H,13-14H2,(H2,27,35)(H,29,34). The topological polar surface area (TPSA) is 121 Å². The largest absolute Gasteiger partial charge is 0.366 e. The average Bonchev–Trinajstić information content (AvgIpc) is 3.48. The predicted octanol–water partition coefficient (Wildman–Crippen LogP) is 4.15. The number of fused-ring (bicyclic) bond motifs is 1. The monoisotopic (exact) mass is 517 g/mol.